The Morgan fingerprint density at radius 1 is 1.20 bits per heavy atom. The van der Waals surface area contributed by atoms with Crippen molar-refractivity contribution < 1.29 is 14.6 Å². The Morgan fingerprint density at radius 3 is 2.50 bits per heavy atom. The lowest BCUT2D eigenvalue weighted by molar-refractivity contribution is 0.0694. The molecule has 0 radical (unpaired) electrons. The zero-order chi connectivity index (χ0) is 14.5. The maximum absolute atomic E-state index is 11.2. The van der Waals surface area contributed by atoms with E-state index in [-0.39, 0.29) is 5.56 Å². The van der Waals surface area contributed by atoms with Crippen LogP contribution >= 0.6 is 15.9 Å². The van der Waals surface area contributed by atoms with Crippen molar-refractivity contribution in [3.05, 3.63) is 58.1 Å². The molecule has 0 fully saturated rings. The van der Waals surface area contributed by atoms with Crippen LogP contribution in [0.3, 0.4) is 0 Å². The smallest absolute Gasteiger partial charge is 0.339 e. The summed E-state index contributed by atoms with van der Waals surface area (Å²) in [5, 5.41) is 9.15. The van der Waals surface area contributed by atoms with Crippen LogP contribution in [0, 0.1) is 0 Å². The summed E-state index contributed by atoms with van der Waals surface area (Å²) in [5.41, 5.74) is 1.39. The molecule has 0 saturated carbocycles. The van der Waals surface area contributed by atoms with E-state index >= 15 is 0 Å². The number of ether oxygens (including phenoxy) is 1. The minimum atomic E-state index is -1.00. The summed E-state index contributed by atoms with van der Waals surface area (Å²) in [6.45, 7) is 2.13. The molecule has 0 aliphatic carbocycles. The number of hydrogen-bond acceptors (Lipinski definition) is 2. The molecule has 2 aromatic rings. The molecule has 2 aromatic carbocycles. The van der Waals surface area contributed by atoms with Gasteiger partial charge in [0.05, 0.1) is 0 Å². The van der Waals surface area contributed by atoms with Crippen molar-refractivity contribution in [3.8, 4) is 11.5 Å². The second-order valence-electron chi connectivity index (χ2n) is 4.44. The number of carboxylic acid groups (broad SMARTS) is 1. The van der Waals surface area contributed by atoms with Crippen molar-refractivity contribution in [3.63, 3.8) is 0 Å². The molecule has 20 heavy (non-hydrogen) atoms. The van der Waals surface area contributed by atoms with Crippen molar-refractivity contribution >= 4 is 21.9 Å². The molecule has 0 aromatic heterocycles. The maximum atomic E-state index is 11.2. The third-order valence-corrected chi connectivity index (χ3v) is 3.36. The first-order valence-electron chi connectivity index (χ1n) is 6.40. The van der Waals surface area contributed by atoms with Gasteiger partial charge < -0.3 is 9.84 Å². The summed E-state index contributed by atoms with van der Waals surface area (Å²) in [4.78, 5) is 11.2. The Labute approximate surface area is 126 Å². The number of carboxylic acids is 1. The highest BCUT2D eigenvalue weighted by atomic mass is 79.9. The lowest BCUT2D eigenvalue weighted by Crippen LogP contribution is -2.00. The van der Waals surface area contributed by atoms with E-state index in [1.54, 1.807) is 12.1 Å². The highest BCUT2D eigenvalue weighted by Crippen LogP contribution is 2.29. The number of hydrogen-bond donors (Lipinski definition) is 1. The zero-order valence-electron chi connectivity index (χ0n) is 11.1. The van der Waals surface area contributed by atoms with Gasteiger partial charge >= 0.3 is 5.97 Å². The summed E-state index contributed by atoms with van der Waals surface area (Å²) in [7, 11) is 0. The quantitative estimate of drug-likeness (QED) is 0.846. The van der Waals surface area contributed by atoms with Gasteiger partial charge in [-0.05, 0) is 42.3 Å². The van der Waals surface area contributed by atoms with E-state index < -0.39 is 5.97 Å². The molecule has 4 heteroatoms. The molecule has 0 atom stereocenters. The van der Waals surface area contributed by atoms with Gasteiger partial charge in [-0.3, -0.25) is 0 Å². The average Bonchev–Trinajstić information content (AvgIpc) is 2.41. The van der Waals surface area contributed by atoms with E-state index in [1.807, 2.05) is 24.3 Å². The molecule has 1 N–H and O–H groups in total. The fourth-order valence-electron chi connectivity index (χ4n) is 1.90. The summed E-state index contributed by atoms with van der Waals surface area (Å²) >= 11 is 3.32. The minimum absolute atomic E-state index is 0.144. The van der Waals surface area contributed by atoms with Gasteiger partial charge in [-0.25, -0.2) is 4.79 Å². The monoisotopic (exact) mass is 334 g/mol. The standard InChI is InChI=1S/C16H15BrO3/c1-2-3-11-4-7-13(8-5-11)20-15-10-12(17)6-9-14(15)16(18)19/h4-10H,2-3H2,1H3,(H,18,19). The molecular weight excluding hydrogens is 320 g/mol. The molecule has 3 nitrogen and oxygen atoms in total. The molecule has 0 heterocycles. The van der Waals surface area contributed by atoms with Gasteiger partial charge in [0.25, 0.3) is 0 Å². The fourth-order valence-corrected chi connectivity index (χ4v) is 2.24. The van der Waals surface area contributed by atoms with Crippen molar-refractivity contribution in [2.24, 2.45) is 0 Å². The topological polar surface area (TPSA) is 46.5 Å². The molecule has 0 unspecified atom stereocenters. The first kappa shape index (κ1) is 14.6. The van der Waals surface area contributed by atoms with Crippen LogP contribution < -0.4 is 4.74 Å². The Bertz CT molecular complexity index is 606. The van der Waals surface area contributed by atoms with Gasteiger partial charge in [0, 0.05) is 4.47 Å². The third-order valence-electron chi connectivity index (χ3n) is 2.86. The van der Waals surface area contributed by atoms with Crippen LogP contribution in [0.4, 0.5) is 0 Å². The summed E-state index contributed by atoms with van der Waals surface area (Å²) in [6.07, 6.45) is 2.12. The normalized spacial score (nSPS) is 10.3. The van der Waals surface area contributed by atoms with Gasteiger partial charge in [-0.1, -0.05) is 41.4 Å². The van der Waals surface area contributed by atoms with Gasteiger partial charge in [-0.15, -0.1) is 0 Å². The maximum Gasteiger partial charge on any atom is 0.339 e. The Morgan fingerprint density at radius 2 is 1.90 bits per heavy atom. The zero-order valence-corrected chi connectivity index (χ0v) is 12.7. The average molecular weight is 335 g/mol. The molecule has 0 aliphatic rings. The number of aryl methyl sites for hydroxylation is 1. The van der Waals surface area contributed by atoms with Gasteiger partial charge in [0.1, 0.15) is 17.1 Å². The second-order valence-corrected chi connectivity index (χ2v) is 5.36. The molecule has 2 rings (SSSR count). The van der Waals surface area contributed by atoms with Crippen LogP contribution in [-0.4, -0.2) is 11.1 Å². The van der Waals surface area contributed by atoms with E-state index in [0.717, 1.165) is 17.3 Å². The van der Waals surface area contributed by atoms with Crippen LogP contribution in [0.5, 0.6) is 11.5 Å². The Balaban J connectivity index is 2.25. The number of halogens is 1. The van der Waals surface area contributed by atoms with Crippen molar-refractivity contribution in [1.82, 2.24) is 0 Å². The van der Waals surface area contributed by atoms with Crippen molar-refractivity contribution in [2.45, 2.75) is 19.8 Å². The van der Waals surface area contributed by atoms with Crippen molar-refractivity contribution in [1.29, 1.82) is 0 Å². The molecule has 0 saturated heterocycles. The van der Waals surface area contributed by atoms with Crippen molar-refractivity contribution in [2.75, 3.05) is 0 Å². The highest BCUT2D eigenvalue weighted by Gasteiger charge is 2.12. The van der Waals surface area contributed by atoms with Gasteiger partial charge in [0.2, 0.25) is 0 Å². The van der Waals surface area contributed by atoms with Crippen LogP contribution in [0.1, 0.15) is 29.3 Å². The number of rotatable bonds is 5. The minimum Gasteiger partial charge on any atom is -0.478 e. The third kappa shape index (κ3) is 3.61. The Hall–Kier alpha value is -1.81. The number of aromatic carboxylic acids is 1. The molecule has 0 aliphatic heterocycles. The fraction of sp³-hybridized carbons (Fsp3) is 0.188. The summed E-state index contributed by atoms with van der Waals surface area (Å²) in [6, 6.07) is 12.6. The summed E-state index contributed by atoms with van der Waals surface area (Å²) < 4.78 is 6.45. The molecule has 104 valence electrons. The predicted molar refractivity (Wildman–Crippen MR) is 81.6 cm³/mol. The molecule has 0 amide bonds. The number of carbonyl (C=O) groups is 1. The molecule has 0 bridgehead atoms. The first-order chi connectivity index (χ1) is 9.60. The lowest BCUT2D eigenvalue weighted by atomic mass is 10.1. The van der Waals surface area contributed by atoms with E-state index in [9.17, 15) is 4.79 Å². The van der Waals surface area contributed by atoms with Crippen LogP contribution in [0.25, 0.3) is 0 Å². The van der Waals surface area contributed by atoms with Gasteiger partial charge in [0.15, 0.2) is 0 Å². The van der Waals surface area contributed by atoms with E-state index in [0.29, 0.717) is 11.5 Å². The highest BCUT2D eigenvalue weighted by molar-refractivity contribution is 9.10. The predicted octanol–water partition coefficient (Wildman–Crippen LogP) is 4.89. The van der Waals surface area contributed by atoms with Crippen LogP contribution in [-0.2, 0) is 6.42 Å². The first-order valence-corrected chi connectivity index (χ1v) is 7.19. The van der Waals surface area contributed by atoms with Gasteiger partial charge in [-0.2, -0.15) is 0 Å². The van der Waals surface area contributed by atoms with Crippen LogP contribution in [0.2, 0.25) is 0 Å². The van der Waals surface area contributed by atoms with Crippen LogP contribution in [0.15, 0.2) is 46.9 Å². The molecular formula is C16H15BrO3. The van der Waals surface area contributed by atoms with E-state index in [4.69, 9.17) is 9.84 Å². The Kier molecular flexibility index (Phi) is 4.79. The molecule has 0 spiro atoms. The van der Waals surface area contributed by atoms with E-state index in [2.05, 4.69) is 22.9 Å². The second kappa shape index (κ2) is 6.57. The SMILES string of the molecule is CCCc1ccc(Oc2cc(Br)ccc2C(=O)O)cc1. The largest absolute Gasteiger partial charge is 0.478 e. The summed E-state index contributed by atoms with van der Waals surface area (Å²) in [5.74, 6) is -0.0457. The lowest BCUT2D eigenvalue weighted by Gasteiger charge is -2.10. The van der Waals surface area contributed by atoms with E-state index in [1.165, 1.54) is 11.6 Å². The number of benzene rings is 2.